The zero-order valence-electron chi connectivity index (χ0n) is 18.8. The van der Waals surface area contributed by atoms with Gasteiger partial charge >= 0.3 is 5.69 Å². The number of nitrogens with zero attached hydrogens (tertiary/aromatic N) is 6. The maximum absolute atomic E-state index is 12.8. The average molecular weight is 442 g/mol. The highest BCUT2D eigenvalue weighted by atomic mass is 16.2. The van der Waals surface area contributed by atoms with Gasteiger partial charge in [-0.15, -0.1) is 0 Å². The molecule has 1 aliphatic carbocycles. The van der Waals surface area contributed by atoms with Crippen molar-refractivity contribution in [1.82, 2.24) is 28.9 Å². The van der Waals surface area contributed by atoms with Gasteiger partial charge in [0.05, 0.1) is 12.1 Å². The monoisotopic (exact) mass is 441 g/mol. The van der Waals surface area contributed by atoms with Gasteiger partial charge in [-0.05, 0) is 25.7 Å². The van der Waals surface area contributed by atoms with Crippen LogP contribution in [0.5, 0.6) is 0 Å². The SMILES string of the molecule is CN1CC(C(=O)N2CCC(Nc3ncc4c(n3)n(C3CCCC3)c(=O)n4C)CC2)CC1=O. The lowest BCUT2D eigenvalue weighted by Crippen LogP contribution is -2.45. The predicted octanol–water partition coefficient (Wildman–Crippen LogP) is 1.13. The van der Waals surface area contributed by atoms with Gasteiger partial charge in [0.15, 0.2) is 5.65 Å². The van der Waals surface area contributed by atoms with Crippen molar-refractivity contribution in [2.75, 3.05) is 32.0 Å². The van der Waals surface area contributed by atoms with E-state index in [1.807, 2.05) is 9.47 Å². The lowest BCUT2D eigenvalue weighted by molar-refractivity contribution is -0.136. The quantitative estimate of drug-likeness (QED) is 0.763. The molecule has 5 rings (SSSR count). The molecule has 0 bridgehead atoms. The van der Waals surface area contributed by atoms with Gasteiger partial charge in [0.25, 0.3) is 0 Å². The fourth-order valence-electron chi connectivity index (χ4n) is 5.41. The Morgan fingerprint density at radius 3 is 2.47 bits per heavy atom. The molecule has 0 spiro atoms. The molecule has 1 saturated carbocycles. The number of nitrogens with one attached hydrogen (secondary N) is 1. The molecule has 3 fully saturated rings. The van der Waals surface area contributed by atoms with E-state index in [1.165, 1.54) is 0 Å². The molecular formula is C22H31N7O3. The number of hydrogen-bond donors (Lipinski definition) is 1. The maximum atomic E-state index is 12.8. The molecule has 0 radical (unpaired) electrons. The lowest BCUT2D eigenvalue weighted by Gasteiger charge is -2.33. The second-order valence-electron chi connectivity index (χ2n) is 9.47. The van der Waals surface area contributed by atoms with E-state index >= 15 is 0 Å². The molecule has 10 heteroatoms. The van der Waals surface area contributed by atoms with Gasteiger partial charge in [-0.25, -0.2) is 9.78 Å². The highest BCUT2D eigenvalue weighted by Gasteiger charge is 2.36. The summed E-state index contributed by atoms with van der Waals surface area (Å²) in [6.45, 7) is 1.83. The third-order valence-corrected chi connectivity index (χ3v) is 7.35. The standard InChI is InChI=1S/C22H31N7O3/c1-26-13-14(11-18(26)30)20(31)28-9-7-15(8-10-28)24-21-23-12-17-19(25-21)29(22(32)27(17)2)16-5-3-4-6-16/h12,14-16H,3-11,13H2,1-2H3,(H,23,24,25). The molecule has 2 aromatic heterocycles. The molecule has 2 saturated heterocycles. The predicted molar refractivity (Wildman–Crippen MR) is 119 cm³/mol. The molecule has 2 aromatic rings. The van der Waals surface area contributed by atoms with Gasteiger partial charge in [-0.1, -0.05) is 12.8 Å². The van der Waals surface area contributed by atoms with Gasteiger partial charge in [0.2, 0.25) is 17.8 Å². The van der Waals surface area contributed by atoms with E-state index in [4.69, 9.17) is 4.98 Å². The largest absolute Gasteiger partial charge is 0.351 e. The molecular weight excluding hydrogens is 410 g/mol. The van der Waals surface area contributed by atoms with Gasteiger partial charge in [-0.2, -0.15) is 4.98 Å². The minimum atomic E-state index is -0.215. The van der Waals surface area contributed by atoms with Crippen molar-refractivity contribution in [3.63, 3.8) is 0 Å². The fraction of sp³-hybridized carbons (Fsp3) is 0.682. The van der Waals surface area contributed by atoms with E-state index in [9.17, 15) is 14.4 Å². The molecule has 0 aromatic carbocycles. The Labute approximate surface area is 186 Å². The number of fused-ring (bicyclic) bond motifs is 1. The van der Waals surface area contributed by atoms with Crippen LogP contribution in [0.25, 0.3) is 11.2 Å². The third-order valence-electron chi connectivity index (χ3n) is 7.35. The second-order valence-corrected chi connectivity index (χ2v) is 9.47. The van der Waals surface area contributed by atoms with E-state index in [1.54, 1.807) is 29.8 Å². The van der Waals surface area contributed by atoms with Crippen LogP contribution in [0.3, 0.4) is 0 Å². The molecule has 2 amide bonds. The molecule has 10 nitrogen and oxygen atoms in total. The summed E-state index contributed by atoms with van der Waals surface area (Å²) < 4.78 is 3.48. The van der Waals surface area contributed by atoms with Gasteiger partial charge < -0.3 is 15.1 Å². The zero-order chi connectivity index (χ0) is 22.4. The summed E-state index contributed by atoms with van der Waals surface area (Å²) in [5.41, 5.74) is 1.43. The molecule has 1 atom stereocenters. The number of imidazole rings is 1. The first-order valence-corrected chi connectivity index (χ1v) is 11.7. The van der Waals surface area contributed by atoms with E-state index in [2.05, 4.69) is 10.3 Å². The number of amides is 2. The second kappa shape index (κ2) is 8.22. The number of likely N-dealkylation sites (tertiary alicyclic amines) is 2. The normalized spacial score (nSPS) is 22.9. The van der Waals surface area contributed by atoms with Crippen LogP contribution in [0.4, 0.5) is 5.95 Å². The van der Waals surface area contributed by atoms with Gasteiger partial charge in [0, 0.05) is 52.2 Å². The van der Waals surface area contributed by atoms with Crippen molar-refractivity contribution in [3.05, 3.63) is 16.7 Å². The van der Waals surface area contributed by atoms with Crippen LogP contribution in [-0.4, -0.2) is 73.4 Å². The Bertz CT molecular complexity index is 1090. The minimum absolute atomic E-state index is 0.0267. The lowest BCUT2D eigenvalue weighted by atomic mass is 10.0. The summed E-state index contributed by atoms with van der Waals surface area (Å²) in [6.07, 6.45) is 7.96. The van der Waals surface area contributed by atoms with Crippen LogP contribution in [-0.2, 0) is 16.6 Å². The molecule has 4 heterocycles. The van der Waals surface area contributed by atoms with Crippen molar-refractivity contribution in [2.24, 2.45) is 13.0 Å². The van der Waals surface area contributed by atoms with E-state index in [-0.39, 0.29) is 35.5 Å². The van der Waals surface area contributed by atoms with E-state index in [0.717, 1.165) is 44.0 Å². The summed E-state index contributed by atoms with van der Waals surface area (Å²) in [4.78, 5) is 50.0. The fourth-order valence-corrected chi connectivity index (χ4v) is 5.41. The van der Waals surface area contributed by atoms with Crippen molar-refractivity contribution in [1.29, 1.82) is 0 Å². The van der Waals surface area contributed by atoms with Crippen LogP contribution in [0, 0.1) is 5.92 Å². The minimum Gasteiger partial charge on any atom is -0.351 e. The number of aryl methyl sites for hydroxylation is 1. The number of anilines is 1. The number of piperidine rings is 1. The first-order chi connectivity index (χ1) is 15.4. The topological polar surface area (TPSA) is 105 Å². The first kappa shape index (κ1) is 21.0. The number of rotatable bonds is 4. The third kappa shape index (κ3) is 3.65. The Morgan fingerprint density at radius 2 is 1.81 bits per heavy atom. The number of carbonyl (C=O) groups is 2. The molecule has 3 aliphatic rings. The highest BCUT2D eigenvalue weighted by molar-refractivity contribution is 5.89. The number of aromatic nitrogens is 4. The summed E-state index contributed by atoms with van der Waals surface area (Å²) in [5.74, 6) is 0.448. The molecule has 1 unspecified atom stereocenters. The molecule has 2 aliphatic heterocycles. The summed E-state index contributed by atoms with van der Waals surface area (Å²) in [7, 11) is 3.52. The summed E-state index contributed by atoms with van der Waals surface area (Å²) >= 11 is 0. The molecule has 172 valence electrons. The molecule has 32 heavy (non-hydrogen) atoms. The summed E-state index contributed by atoms with van der Waals surface area (Å²) in [5, 5.41) is 3.42. The van der Waals surface area contributed by atoms with Crippen molar-refractivity contribution in [2.45, 2.75) is 57.0 Å². The van der Waals surface area contributed by atoms with Crippen LogP contribution in [0.2, 0.25) is 0 Å². The van der Waals surface area contributed by atoms with Crippen molar-refractivity contribution in [3.8, 4) is 0 Å². The van der Waals surface area contributed by atoms with Crippen LogP contribution in [0.1, 0.15) is 51.0 Å². The zero-order valence-corrected chi connectivity index (χ0v) is 18.8. The first-order valence-electron chi connectivity index (χ1n) is 11.7. The van der Waals surface area contributed by atoms with Gasteiger partial charge in [-0.3, -0.25) is 18.7 Å². The van der Waals surface area contributed by atoms with Gasteiger partial charge in [0.1, 0.15) is 5.52 Å². The molecule has 1 N–H and O–H groups in total. The average Bonchev–Trinajstić information content (AvgIpc) is 3.49. The Kier molecular flexibility index (Phi) is 5.38. The smallest absolute Gasteiger partial charge is 0.330 e. The number of hydrogen-bond acceptors (Lipinski definition) is 6. The van der Waals surface area contributed by atoms with Crippen LogP contribution in [0.15, 0.2) is 11.0 Å². The van der Waals surface area contributed by atoms with Crippen molar-refractivity contribution >= 4 is 28.9 Å². The Balaban J connectivity index is 1.26. The maximum Gasteiger partial charge on any atom is 0.330 e. The van der Waals surface area contributed by atoms with Crippen LogP contribution < -0.4 is 11.0 Å². The Morgan fingerprint density at radius 1 is 1.09 bits per heavy atom. The number of carbonyl (C=O) groups excluding carboxylic acids is 2. The van der Waals surface area contributed by atoms with E-state index < -0.39 is 0 Å². The highest BCUT2D eigenvalue weighted by Crippen LogP contribution is 2.30. The van der Waals surface area contributed by atoms with Crippen LogP contribution >= 0.6 is 0 Å². The van der Waals surface area contributed by atoms with E-state index in [0.29, 0.717) is 37.7 Å². The Hall–Kier alpha value is -2.91. The van der Waals surface area contributed by atoms with Crippen molar-refractivity contribution < 1.29 is 9.59 Å². The summed E-state index contributed by atoms with van der Waals surface area (Å²) in [6, 6.07) is 0.379.